The zero-order chi connectivity index (χ0) is 23.8. The van der Waals surface area contributed by atoms with Gasteiger partial charge in [-0.25, -0.2) is 4.79 Å². The van der Waals surface area contributed by atoms with E-state index >= 15 is 0 Å². The van der Waals surface area contributed by atoms with Gasteiger partial charge >= 0.3 is 0 Å². The predicted octanol–water partition coefficient (Wildman–Crippen LogP) is 11.0. The smallest absolute Gasteiger partial charge is 0.123 e. The maximum Gasteiger partial charge on any atom is 0.123 e. The molecule has 0 radical (unpaired) electrons. The standard InChI is InChI=1S/C11H18O.C6H14.C4H10.C3H8.2C2H6/c1-2-10(9-12)11-7-5-3-4-6-8-11;1-3-5-6-4-2;1-3-4-2;1-3-2;2*1-2/h11H,2-8H2,1H3;3-6H2,1-2H3;3-4H2,1-2H3;3H2,1-2H3;2*1-2H3. The van der Waals surface area contributed by atoms with Crippen molar-refractivity contribution in [1.82, 2.24) is 0 Å². The van der Waals surface area contributed by atoms with Crippen molar-refractivity contribution in [3.8, 4) is 0 Å². The molecule has 0 atom stereocenters. The molecule has 1 saturated carbocycles. The summed E-state index contributed by atoms with van der Waals surface area (Å²) in [5.41, 5.74) is 1.02. The van der Waals surface area contributed by atoms with E-state index < -0.39 is 0 Å². The maximum absolute atomic E-state index is 10.6. The molecule has 0 aromatic heterocycles. The third-order valence-electron chi connectivity index (χ3n) is 4.32. The molecule has 1 rings (SSSR count). The van der Waals surface area contributed by atoms with Crippen molar-refractivity contribution < 1.29 is 4.79 Å². The van der Waals surface area contributed by atoms with E-state index in [1.165, 1.54) is 83.5 Å². The summed E-state index contributed by atoms with van der Waals surface area (Å²) in [7, 11) is 0. The molecular weight excluding hydrogens is 352 g/mol. The minimum atomic E-state index is 0.565. The van der Waals surface area contributed by atoms with Gasteiger partial charge in [-0.15, -0.1) is 0 Å². The highest BCUT2D eigenvalue weighted by molar-refractivity contribution is 5.53. The topological polar surface area (TPSA) is 17.1 Å². The van der Waals surface area contributed by atoms with Crippen molar-refractivity contribution in [2.45, 2.75) is 166 Å². The van der Waals surface area contributed by atoms with Gasteiger partial charge in [-0.1, -0.05) is 147 Å². The molecule has 29 heavy (non-hydrogen) atoms. The number of carbonyl (C=O) groups excluding carboxylic acids is 1. The molecule has 1 heteroatoms. The van der Waals surface area contributed by atoms with Gasteiger partial charge in [-0.2, -0.15) is 0 Å². The van der Waals surface area contributed by atoms with Gasteiger partial charge in [-0.3, -0.25) is 0 Å². The molecule has 1 nitrogen and oxygen atoms in total. The molecule has 0 amide bonds. The average Bonchev–Trinajstić information content (AvgIpc) is 3.07. The summed E-state index contributed by atoms with van der Waals surface area (Å²) in [4.78, 5) is 10.6. The molecule has 0 aromatic carbocycles. The Balaban J connectivity index is -0.0000000955. The second kappa shape index (κ2) is 45.9. The lowest BCUT2D eigenvalue weighted by atomic mass is 9.91. The average molecular weight is 415 g/mol. The molecule has 1 aliphatic rings. The molecule has 180 valence electrons. The Kier molecular flexibility index (Phi) is 61.7. The molecule has 0 aliphatic heterocycles. The van der Waals surface area contributed by atoms with Crippen molar-refractivity contribution in [3.05, 3.63) is 5.57 Å². The Labute approximate surface area is 188 Å². The molecule has 0 unspecified atom stereocenters. The van der Waals surface area contributed by atoms with Crippen LogP contribution in [0.25, 0.3) is 0 Å². The molecule has 0 N–H and O–H groups in total. The van der Waals surface area contributed by atoms with Crippen LogP contribution >= 0.6 is 0 Å². The van der Waals surface area contributed by atoms with E-state index in [4.69, 9.17) is 0 Å². The Hall–Kier alpha value is -0.550. The van der Waals surface area contributed by atoms with Crippen LogP contribution in [0.5, 0.6) is 0 Å². The third kappa shape index (κ3) is 42.5. The number of rotatable bonds is 6. The number of hydrogen-bond donors (Lipinski definition) is 0. The van der Waals surface area contributed by atoms with Gasteiger partial charge in [0.2, 0.25) is 0 Å². The molecule has 0 bridgehead atoms. The minimum Gasteiger partial charge on any atom is -0.234 e. The Morgan fingerprint density at radius 2 is 1.00 bits per heavy atom. The predicted molar refractivity (Wildman–Crippen MR) is 140 cm³/mol. The monoisotopic (exact) mass is 414 g/mol. The lowest BCUT2D eigenvalue weighted by molar-refractivity contribution is 0.509. The van der Waals surface area contributed by atoms with Gasteiger partial charge in [0.1, 0.15) is 5.94 Å². The van der Waals surface area contributed by atoms with Crippen LogP contribution in [0.3, 0.4) is 0 Å². The van der Waals surface area contributed by atoms with Gasteiger partial charge in [0.25, 0.3) is 0 Å². The second-order valence-electron chi connectivity index (χ2n) is 7.08. The molecule has 0 heterocycles. The summed E-state index contributed by atoms with van der Waals surface area (Å²) in [6.45, 7) is 23.1. The quantitative estimate of drug-likeness (QED) is 0.240. The van der Waals surface area contributed by atoms with E-state index in [2.05, 4.69) is 54.4 Å². The van der Waals surface area contributed by atoms with Crippen LogP contribution in [0.1, 0.15) is 166 Å². The van der Waals surface area contributed by atoms with Crippen molar-refractivity contribution >= 4 is 5.94 Å². The highest BCUT2D eigenvalue weighted by Crippen LogP contribution is 2.28. The van der Waals surface area contributed by atoms with Crippen LogP contribution in [-0.4, -0.2) is 5.94 Å². The van der Waals surface area contributed by atoms with Gasteiger partial charge in [-0.05, 0) is 25.2 Å². The zero-order valence-electron chi connectivity index (χ0n) is 22.9. The van der Waals surface area contributed by atoms with Crippen LogP contribution in [0.2, 0.25) is 0 Å². The van der Waals surface area contributed by atoms with Gasteiger partial charge in [0.15, 0.2) is 0 Å². The van der Waals surface area contributed by atoms with Crippen molar-refractivity contribution in [2.75, 3.05) is 0 Å². The van der Waals surface area contributed by atoms with E-state index in [9.17, 15) is 4.79 Å². The Morgan fingerprint density at radius 3 is 1.21 bits per heavy atom. The fourth-order valence-corrected chi connectivity index (χ4v) is 2.57. The van der Waals surface area contributed by atoms with E-state index in [0.29, 0.717) is 5.92 Å². The normalized spacial score (nSPS) is 12.1. The summed E-state index contributed by atoms with van der Waals surface area (Å²) in [5.74, 6) is 2.68. The van der Waals surface area contributed by atoms with E-state index in [-0.39, 0.29) is 0 Å². The lowest BCUT2D eigenvalue weighted by Gasteiger charge is -2.12. The lowest BCUT2D eigenvalue weighted by Crippen LogP contribution is -2.02. The largest absolute Gasteiger partial charge is 0.234 e. The number of hydrogen-bond acceptors (Lipinski definition) is 1. The van der Waals surface area contributed by atoms with Crippen molar-refractivity contribution in [3.63, 3.8) is 0 Å². The van der Waals surface area contributed by atoms with Crippen LogP contribution in [-0.2, 0) is 4.79 Å². The minimum absolute atomic E-state index is 0.565. The summed E-state index contributed by atoms with van der Waals surface area (Å²) >= 11 is 0. The van der Waals surface area contributed by atoms with E-state index in [1.807, 2.05) is 27.7 Å². The fraction of sp³-hybridized carbons (Fsp3) is 0.929. The summed E-state index contributed by atoms with van der Waals surface area (Å²) in [5, 5.41) is 0. The maximum atomic E-state index is 10.6. The summed E-state index contributed by atoms with van der Waals surface area (Å²) in [6, 6.07) is 0. The van der Waals surface area contributed by atoms with Gasteiger partial charge < -0.3 is 0 Å². The zero-order valence-corrected chi connectivity index (χ0v) is 22.9. The molecule has 1 fully saturated rings. The van der Waals surface area contributed by atoms with Crippen LogP contribution in [0.15, 0.2) is 5.57 Å². The molecule has 0 saturated heterocycles. The first-order valence-corrected chi connectivity index (χ1v) is 13.4. The van der Waals surface area contributed by atoms with Crippen LogP contribution in [0.4, 0.5) is 0 Å². The van der Waals surface area contributed by atoms with Crippen LogP contribution < -0.4 is 0 Å². The summed E-state index contributed by atoms with van der Waals surface area (Å²) in [6.07, 6.45) is 18.1. The van der Waals surface area contributed by atoms with Gasteiger partial charge in [0.05, 0.1) is 0 Å². The highest BCUT2D eigenvalue weighted by Gasteiger charge is 2.15. The molecule has 0 spiro atoms. The van der Waals surface area contributed by atoms with Crippen LogP contribution in [0, 0.1) is 5.92 Å². The first-order chi connectivity index (χ1) is 14.1. The molecular formula is C28H62O. The molecule has 1 aliphatic carbocycles. The summed E-state index contributed by atoms with van der Waals surface area (Å²) < 4.78 is 0. The Bertz CT molecular complexity index is 249. The van der Waals surface area contributed by atoms with E-state index in [0.717, 1.165) is 12.0 Å². The van der Waals surface area contributed by atoms with Gasteiger partial charge in [0, 0.05) is 5.57 Å². The number of unbranched alkanes of at least 4 members (excludes halogenated alkanes) is 4. The van der Waals surface area contributed by atoms with E-state index in [1.54, 1.807) is 0 Å². The first-order valence-electron chi connectivity index (χ1n) is 13.4. The second-order valence-corrected chi connectivity index (χ2v) is 7.08. The Morgan fingerprint density at radius 1 is 0.655 bits per heavy atom. The fourth-order valence-electron chi connectivity index (χ4n) is 2.57. The SMILES string of the molecule is CC.CC.CCC.CCC(=C=O)C1CCCCCC1.CCCC.CCCCCC. The van der Waals surface area contributed by atoms with Crippen molar-refractivity contribution in [2.24, 2.45) is 5.92 Å². The third-order valence-corrected chi connectivity index (χ3v) is 4.32. The first kappa shape index (κ1) is 39.0. The van der Waals surface area contributed by atoms with Crippen molar-refractivity contribution in [1.29, 1.82) is 0 Å². The number of allylic oxidation sites excluding steroid dienone is 1. The molecule has 0 aromatic rings. The highest BCUT2D eigenvalue weighted by atomic mass is 16.1.